The van der Waals surface area contributed by atoms with Gasteiger partial charge in [-0.25, -0.2) is 4.79 Å². The Labute approximate surface area is 251 Å². The van der Waals surface area contributed by atoms with E-state index in [0.29, 0.717) is 47.4 Å². The van der Waals surface area contributed by atoms with Crippen LogP contribution in [0.2, 0.25) is 0 Å². The fourth-order valence-electron chi connectivity index (χ4n) is 5.03. The van der Waals surface area contributed by atoms with E-state index in [1.807, 2.05) is 72.1 Å². The molecule has 1 saturated carbocycles. The lowest BCUT2D eigenvalue weighted by molar-refractivity contribution is 0.0600. The zero-order valence-corrected chi connectivity index (χ0v) is 25.3. The molecule has 224 valence electrons. The zero-order valence-electron chi connectivity index (χ0n) is 25.3. The minimum Gasteiger partial charge on any atom is -0.497 e. The van der Waals surface area contributed by atoms with Gasteiger partial charge in [0.2, 0.25) is 0 Å². The molecule has 0 unspecified atom stereocenters. The zero-order chi connectivity index (χ0) is 30.5. The average molecular weight is 584 g/mol. The molecule has 1 fully saturated rings. The molecule has 4 aromatic rings. The molecule has 9 nitrogen and oxygen atoms in total. The van der Waals surface area contributed by atoms with E-state index in [1.165, 1.54) is 7.11 Å². The molecule has 1 heterocycles. The fraction of sp³-hybridized carbons (Fsp3) is 0.324. The van der Waals surface area contributed by atoms with Crippen molar-refractivity contribution >= 4 is 11.9 Å². The SMILES string of the molecule is COC(=O)c1ccc(COc2cccc(C(=O)N(Cc3ccc(OC)cc3OC)Cc3cc(C4CC4)nn3C)c2C)cc1. The molecule has 3 aromatic carbocycles. The maximum atomic E-state index is 14.2. The van der Waals surface area contributed by atoms with E-state index in [9.17, 15) is 9.59 Å². The molecule has 0 radical (unpaired) electrons. The third-order valence-corrected chi connectivity index (χ3v) is 7.77. The molecule has 1 aromatic heterocycles. The Kier molecular flexibility index (Phi) is 8.99. The molecule has 0 saturated heterocycles. The van der Waals surface area contributed by atoms with E-state index in [-0.39, 0.29) is 18.5 Å². The predicted molar refractivity (Wildman–Crippen MR) is 162 cm³/mol. The van der Waals surface area contributed by atoms with Crippen LogP contribution in [0, 0.1) is 6.92 Å². The minimum atomic E-state index is -0.388. The highest BCUT2D eigenvalue weighted by molar-refractivity contribution is 5.96. The molecule has 0 atom stereocenters. The number of hydrogen-bond acceptors (Lipinski definition) is 7. The number of amides is 1. The van der Waals surface area contributed by atoms with Crippen molar-refractivity contribution in [1.82, 2.24) is 14.7 Å². The number of carbonyl (C=O) groups is 2. The molecule has 1 amide bonds. The smallest absolute Gasteiger partial charge is 0.337 e. The largest absolute Gasteiger partial charge is 0.497 e. The lowest BCUT2D eigenvalue weighted by Gasteiger charge is -2.25. The third-order valence-electron chi connectivity index (χ3n) is 7.77. The first-order valence-electron chi connectivity index (χ1n) is 14.2. The molecule has 1 aliphatic rings. The first-order valence-corrected chi connectivity index (χ1v) is 14.2. The summed E-state index contributed by atoms with van der Waals surface area (Å²) in [4.78, 5) is 27.8. The fourth-order valence-corrected chi connectivity index (χ4v) is 5.03. The summed E-state index contributed by atoms with van der Waals surface area (Å²) in [6.07, 6.45) is 2.31. The van der Waals surface area contributed by atoms with Crippen LogP contribution in [0.4, 0.5) is 0 Å². The van der Waals surface area contributed by atoms with E-state index < -0.39 is 0 Å². The Morgan fingerprint density at radius 2 is 1.70 bits per heavy atom. The average Bonchev–Trinajstić information content (AvgIpc) is 3.82. The van der Waals surface area contributed by atoms with E-state index >= 15 is 0 Å². The molecule has 0 N–H and O–H groups in total. The third kappa shape index (κ3) is 6.83. The van der Waals surface area contributed by atoms with Crippen LogP contribution in [0.3, 0.4) is 0 Å². The van der Waals surface area contributed by atoms with Gasteiger partial charge in [0, 0.05) is 35.7 Å². The van der Waals surface area contributed by atoms with Crippen molar-refractivity contribution in [2.75, 3.05) is 21.3 Å². The van der Waals surface area contributed by atoms with Gasteiger partial charge >= 0.3 is 5.97 Å². The summed E-state index contributed by atoms with van der Waals surface area (Å²) in [6, 6.07) is 20.3. The van der Waals surface area contributed by atoms with Crippen molar-refractivity contribution in [1.29, 1.82) is 0 Å². The second-order valence-corrected chi connectivity index (χ2v) is 10.7. The summed E-state index contributed by atoms with van der Waals surface area (Å²) in [5, 5.41) is 4.72. The molecule has 5 rings (SSSR count). The number of esters is 1. The van der Waals surface area contributed by atoms with E-state index in [1.54, 1.807) is 26.4 Å². The Balaban J connectivity index is 1.40. The minimum absolute atomic E-state index is 0.127. The Morgan fingerprint density at radius 1 is 0.930 bits per heavy atom. The highest BCUT2D eigenvalue weighted by Crippen LogP contribution is 2.39. The highest BCUT2D eigenvalue weighted by Gasteiger charge is 2.28. The van der Waals surface area contributed by atoms with Gasteiger partial charge in [-0.15, -0.1) is 0 Å². The number of aromatic nitrogens is 2. The number of hydrogen-bond donors (Lipinski definition) is 0. The van der Waals surface area contributed by atoms with Crippen LogP contribution in [0.25, 0.3) is 0 Å². The van der Waals surface area contributed by atoms with Crippen molar-refractivity contribution in [3.8, 4) is 17.2 Å². The van der Waals surface area contributed by atoms with Crippen LogP contribution in [0.1, 0.15) is 67.6 Å². The summed E-state index contributed by atoms with van der Waals surface area (Å²) in [5.74, 6) is 1.94. The number of aryl methyl sites for hydroxylation is 1. The van der Waals surface area contributed by atoms with Crippen molar-refractivity contribution in [3.05, 3.63) is 106 Å². The first kappa shape index (κ1) is 29.7. The normalized spacial score (nSPS) is 12.5. The predicted octanol–water partition coefficient (Wildman–Crippen LogP) is 5.83. The second-order valence-electron chi connectivity index (χ2n) is 10.7. The van der Waals surface area contributed by atoms with Crippen molar-refractivity contribution in [2.24, 2.45) is 7.05 Å². The molecule has 1 aliphatic carbocycles. The van der Waals surface area contributed by atoms with Crippen LogP contribution in [0.15, 0.2) is 66.7 Å². The quantitative estimate of drug-likeness (QED) is 0.194. The summed E-state index contributed by atoms with van der Waals surface area (Å²) in [6.45, 7) is 2.88. The van der Waals surface area contributed by atoms with Crippen LogP contribution in [-0.4, -0.2) is 47.9 Å². The van der Waals surface area contributed by atoms with Crippen molar-refractivity contribution in [2.45, 2.75) is 45.4 Å². The monoisotopic (exact) mass is 583 g/mol. The van der Waals surface area contributed by atoms with Gasteiger partial charge in [-0.2, -0.15) is 5.10 Å². The number of ether oxygens (including phenoxy) is 4. The summed E-state index contributed by atoms with van der Waals surface area (Å²) in [7, 11) is 6.50. The van der Waals surface area contributed by atoms with Gasteiger partial charge in [0.25, 0.3) is 5.91 Å². The number of rotatable bonds is 12. The molecule has 43 heavy (non-hydrogen) atoms. The van der Waals surface area contributed by atoms with E-state index in [4.69, 9.17) is 24.0 Å². The lowest BCUT2D eigenvalue weighted by Crippen LogP contribution is -2.31. The van der Waals surface area contributed by atoms with Crippen LogP contribution >= 0.6 is 0 Å². The maximum Gasteiger partial charge on any atom is 0.337 e. The Bertz CT molecular complexity index is 1610. The molecule has 0 spiro atoms. The standard InChI is InChI=1S/C34H37N3O6/c1-22-29(7-6-8-31(22)43-21-23-9-11-25(12-10-23)34(39)42-5)33(38)37(19-26-15-16-28(40-3)18-32(26)41-4)20-27-17-30(24-13-14-24)35-36(27)2/h6-12,15-18,24H,13-14,19-21H2,1-5H3. The molecule has 0 bridgehead atoms. The van der Waals surface area contributed by atoms with Gasteiger partial charge in [-0.3, -0.25) is 9.48 Å². The maximum absolute atomic E-state index is 14.2. The first-order chi connectivity index (χ1) is 20.8. The van der Waals surface area contributed by atoms with Gasteiger partial charge in [-0.1, -0.05) is 18.2 Å². The number of nitrogens with zero attached hydrogens (tertiary/aromatic N) is 3. The van der Waals surface area contributed by atoms with Gasteiger partial charge in [0.1, 0.15) is 23.9 Å². The van der Waals surface area contributed by atoms with Gasteiger partial charge < -0.3 is 23.8 Å². The van der Waals surface area contributed by atoms with Crippen molar-refractivity contribution in [3.63, 3.8) is 0 Å². The highest BCUT2D eigenvalue weighted by atomic mass is 16.5. The Hall–Kier alpha value is -4.79. The van der Waals surface area contributed by atoms with Crippen LogP contribution < -0.4 is 14.2 Å². The summed E-state index contributed by atoms with van der Waals surface area (Å²) >= 11 is 0. The van der Waals surface area contributed by atoms with E-state index in [0.717, 1.165) is 40.9 Å². The van der Waals surface area contributed by atoms with Gasteiger partial charge in [-0.05, 0) is 67.8 Å². The van der Waals surface area contributed by atoms with Crippen LogP contribution in [-0.2, 0) is 31.5 Å². The van der Waals surface area contributed by atoms with E-state index in [2.05, 4.69) is 6.07 Å². The summed E-state index contributed by atoms with van der Waals surface area (Å²) in [5.41, 5.74) is 5.56. The molecular weight excluding hydrogens is 546 g/mol. The lowest BCUT2D eigenvalue weighted by atomic mass is 10.1. The Morgan fingerprint density at radius 3 is 2.37 bits per heavy atom. The number of carbonyl (C=O) groups excluding carboxylic acids is 2. The molecule has 9 heteroatoms. The molecular formula is C34H37N3O6. The van der Waals surface area contributed by atoms with Crippen LogP contribution in [0.5, 0.6) is 17.2 Å². The molecule has 0 aliphatic heterocycles. The van der Waals surface area contributed by atoms with Crippen molar-refractivity contribution < 1.29 is 28.5 Å². The topological polar surface area (TPSA) is 92.1 Å². The number of methoxy groups -OCH3 is 3. The van der Waals surface area contributed by atoms with Gasteiger partial charge in [0.15, 0.2) is 0 Å². The number of benzene rings is 3. The second kappa shape index (κ2) is 13.0. The van der Waals surface area contributed by atoms with Gasteiger partial charge in [0.05, 0.1) is 51.4 Å². The summed E-state index contributed by atoms with van der Waals surface area (Å²) < 4.78 is 23.8.